The second kappa shape index (κ2) is 5.22. The molecule has 0 amide bonds. The van der Waals surface area contributed by atoms with Gasteiger partial charge in [-0.05, 0) is 19.1 Å². The van der Waals surface area contributed by atoms with E-state index < -0.39 is 17.2 Å². The highest BCUT2D eigenvalue weighted by molar-refractivity contribution is 7.80. The van der Waals surface area contributed by atoms with Crippen LogP contribution in [0.3, 0.4) is 0 Å². The number of nitrogens with one attached hydrogen (secondary N) is 1. The summed E-state index contributed by atoms with van der Waals surface area (Å²) in [5, 5.41) is -0.0545. The van der Waals surface area contributed by atoms with E-state index in [9.17, 15) is 14.0 Å². The quantitative estimate of drug-likeness (QED) is 0.662. The number of ether oxygens (including phenoxy) is 1. The van der Waals surface area contributed by atoms with Gasteiger partial charge < -0.3 is 9.72 Å². The van der Waals surface area contributed by atoms with Crippen LogP contribution in [0.4, 0.5) is 4.39 Å². The summed E-state index contributed by atoms with van der Waals surface area (Å²) in [7, 11) is 0. The van der Waals surface area contributed by atoms with Crippen LogP contribution in [0.2, 0.25) is 5.02 Å². The molecule has 100 valence electrons. The van der Waals surface area contributed by atoms with E-state index >= 15 is 0 Å². The maximum Gasteiger partial charge on any atom is 0.344 e. The predicted octanol–water partition coefficient (Wildman–Crippen LogP) is 2.79. The summed E-state index contributed by atoms with van der Waals surface area (Å²) in [6.45, 7) is 1.74. The number of halogens is 2. The number of thiol groups is 1. The first-order valence-corrected chi connectivity index (χ1v) is 6.19. The van der Waals surface area contributed by atoms with E-state index in [0.717, 1.165) is 6.07 Å². The van der Waals surface area contributed by atoms with Crippen molar-refractivity contribution in [2.75, 3.05) is 6.61 Å². The van der Waals surface area contributed by atoms with Gasteiger partial charge in [0.05, 0.1) is 22.2 Å². The van der Waals surface area contributed by atoms with Gasteiger partial charge in [-0.3, -0.25) is 4.79 Å². The number of hydrogen-bond donors (Lipinski definition) is 2. The fraction of sp³-hybridized carbons (Fsp3) is 0.167. The van der Waals surface area contributed by atoms with Crippen LogP contribution in [0.5, 0.6) is 0 Å². The number of fused-ring (bicyclic) bond motifs is 1. The molecule has 2 aromatic rings. The van der Waals surface area contributed by atoms with E-state index in [0.29, 0.717) is 5.52 Å². The molecular weight excluding hydrogens is 293 g/mol. The lowest BCUT2D eigenvalue weighted by atomic mass is 10.1. The predicted molar refractivity (Wildman–Crippen MR) is 72.7 cm³/mol. The van der Waals surface area contributed by atoms with Crippen molar-refractivity contribution in [2.45, 2.75) is 11.9 Å². The Balaban J connectivity index is 2.78. The number of carbonyl (C=O) groups is 1. The third-order valence-electron chi connectivity index (χ3n) is 2.50. The van der Waals surface area contributed by atoms with Gasteiger partial charge in [-0.25, -0.2) is 9.18 Å². The molecule has 1 aromatic carbocycles. The lowest BCUT2D eigenvalue weighted by molar-refractivity contribution is 0.0520. The SMILES string of the molecule is CCOC(=O)c1c(S)[nH]c2cc(Cl)c(F)cc2c1=O. The number of pyridine rings is 1. The molecule has 0 aliphatic rings. The first-order chi connectivity index (χ1) is 8.95. The largest absolute Gasteiger partial charge is 0.462 e. The van der Waals surface area contributed by atoms with Gasteiger partial charge >= 0.3 is 5.97 Å². The number of H-pyrrole nitrogens is 1. The zero-order valence-electron chi connectivity index (χ0n) is 9.79. The molecule has 0 fully saturated rings. The van der Waals surface area contributed by atoms with Crippen molar-refractivity contribution < 1.29 is 13.9 Å². The fourth-order valence-corrected chi connectivity index (χ4v) is 2.14. The van der Waals surface area contributed by atoms with Crippen LogP contribution >= 0.6 is 24.2 Å². The lowest BCUT2D eigenvalue weighted by Gasteiger charge is -2.07. The third kappa shape index (κ3) is 2.46. The van der Waals surface area contributed by atoms with Crippen molar-refractivity contribution in [3.8, 4) is 0 Å². The maximum absolute atomic E-state index is 13.4. The van der Waals surface area contributed by atoms with E-state index in [-0.39, 0.29) is 27.6 Å². The zero-order chi connectivity index (χ0) is 14.2. The highest BCUT2D eigenvalue weighted by Gasteiger charge is 2.19. The van der Waals surface area contributed by atoms with Gasteiger partial charge in [0.25, 0.3) is 0 Å². The molecule has 1 N–H and O–H groups in total. The summed E-state index contributed by atoms with van der Waals surface area (Å²) in [5.41, 5.74) is -0.596. The Labute approximate surface area is 117 Å². The fourth-order valence-electron chi connectivity index (χ4n) is 1.66. The standard InChI is InChI=1S/C12H9ClFNO3S/c1-2-18-12(17)9-10(16)5-3-7(14)6(13)4-8(5)15-11(9)19/h3-4H,2H2,1H3,(H2,15,16,19). The molecular formula is C12H9ClFNO3S. The second-order valence-electron chi connectivity index (χ2n) is 3.71. The molecule has 0 atom stereocenters. The Morgan fingerprint density at radius 3 is 2.84 bits per heavy atom. The number of aromatic amines is 1. The van der Waals surface area contributed by atoms with Gasteiger partial charge in [0.2, 0.25) is 5.43 Å². The first kappa shape index (κ1) is 13.9. The second-order valence-corrected chi connectivity index (χ2v) is 4.56. The van der Waals surface area contributed by atoms with Gasteiger partial charge in [0, 0.05) is 5.39 Å². The van der Waals surface area contributed by atoms with Crippen LogP contribution in [0, 0.1) is 5.82 Å². The molecule has 0 spiro atoms. The highest BCUT2D eigenvalue weighted by atomic mass is 35.5. The van der Waals surface area contributed by atoms with Crippen LogP contribution in [0.25, 0.3) is 10.9 Å². The summed E-state index contributed by atoms with van der Waals surface area (Å²) in [6, 6.07) is 2.24. The smallest absolute Gasteiger partial charge is 0.344 e. The summed E-state index contributed by atoms with van der Waals surface area (Å²) < 4.78 is 18.2. The van der Waals surface area contributed by atoms with Crippen molar-refractivity contribution in [1.82, 2.24) is 4.98 Å². The number of aromatic nitrogens is 1. The summed E-state index contributed by atoms with van der Waals surface area (Å²) in [5.74, 6) is -1.53. The molecule has 1 heterocycles. The molecule has 0 bridgehead atoms. The summed E-state index contributed by atoms with van der Waals surface area (Å²) >= 11 is 9.67. The van der Waals surface area contributed by atoms with Crippen molar-refractivity contribution in [2.24, 2.45) is 0 Å². The topological polar surface area (TPSA) is 59.2 Å². The van der Waals surface area contributed by atoms with Gasteiger partial charge in [0.15, 0.2) is 0 Å². The maximum atomic E-state index is 13.4. The number of esters is 1. The molecule has 0 aliphatic carbocycles. The van der Waals surface area contributed by atoms with Crippen LogP contribution < -0.4 is 5.43 Å². The van der Waals surface area contributed by atoms with E-state index in [1.165, 1.54) is 6.07 Å². The summed E-state index contributed by atoms with van der Waals surface area (Å²) in [4.78, 5) is 26.5. The van der Waals surface area contributed by atoms with Crippen molar-refractivity contribution in [3.63, 3.8) is 0 Å². The van der Waals surface area contributed by atoms with Crippen molar-refractivity contribution in [1.29, 1.82) is 0 Å². The Morgan fingerprint density at radius 2 is 2.21 bits per heavy atom. The van der Waals surface area contributed by atoms with Crippen molar-refractivity contribution >= 4 is 41.1 Å². The van der Waals surface area contributed by atoms with E-state index in [2.05, 4.69) is 17.6 Å². The van der Waals surface area contributed by atoms with Crippen molar-refractivity contribution in [3.05, 3.63) is 38.8 Å². The molecule has 1 aromatic heterocycles. The average Bonchev–Trinajstić information content (AvgIpc) is 2.32. The van der Waals surface area contributed by atoms with Crippen LogP contribution in [-0.4, -0.2) is 17.6 Å². The molecule has 2 rings (SSSR count). The summed E-state index contributed by atoms with van der Waals surface area (Å²) in [6.07, 6.45) is 0. The number of hydrogen-bond acceptors (Lipinski definition) is 4. The molecule has 7 heteroatoms. The van der Waals surface area contributed by atoms with Gasteiger partial charge in [-0.15, -0.1) is 12.6 Å². The Hall–Kier alpha value is -1.53. The third-order valence-corrected chi connectivity index (χ3v) is 3.13. The monoisotopic (exact) mass is 301 g/mol. The van der Waals surface area contributed by atoms with Gasteiger partial charge in [-0.2, -0.15) is 0 Å². The Bertz CT molecular complexity index is 729. The molecule has 0 saturated heterocycles. The molecule has 4 nitrogen and oxygen atoms in total. The Kier molecular flexibility index (Phi) is 3.82. The minimum Gasteiger partial charge on any atom is -0.462 e. The molecule has 0 aliphatic heterocycles. The van der Waals surface area contributed by atoms with Crippen LogP contribution in [0.15, 0.2) is 22.0 Å². The molecule has 0 unspecified atom stereocenters. The Morgan fingerprint density at radius 1 is 1.53 bits per heavy atom. The molecule has 0 saturated carbocycles. The highest BCUT2D eigenvalue weighted by Crippen LogP contribution is 2.22. The average molecular weight is 302 g/mol. The van der Waals surface area contributed by atoms with Crippen LogP contribution in [0.1, 0.15) is 17.3 Å². The van der Waals surface area contributed by atoms with Gasteiger partial charge in [0.1, 0.15) is 11.4 Å². The van der Waals surface area contributed by atoms with E-state index in [1.54, 1.807) is 6.92 Å². The first-order valence-electron chi connectivity index (χ1n) is 5.36. The molecule has 19 heavy (non-hydrogen) atoms. The van der Waals surface area contributed by atoms with E-state index in [4.69, 9.17) is 16.3 Å². The number of benzene rings is 1. The minimum absolute atomic E-state index is 0.0164. The zero-order valence-corrected chi connectivity index (χ0v) is 11.4. The molecule has 0 radical (unpaired) electrons. The number of rotatable bonds is 2. The normalized spacial score (nSPS) is 10.7. The number of carbonyl (C=O) groups excluding carboxylic acids is 1. The van der Waals surface area contributed by atoms with Crippen LogP contribution in [-0.2, 0) is 4.74 Å². The van der Waals surface area contributed by atoms with Gasteiger partial charge in [-0.1, -0.05) is 11.6 Å². The minimum atomic E-state index is -0.800. The lowest BCUT2D eigenvalue weighted by Crippen LogP contribution is -2.19. The van der Waals surface area contributed by atoms with E-state index in [1.807, 2.05) is 0 Å².